The molecule has 0 bridgehead atoms. The van der Waals surface area contributed by atoms with Crippen LogP contribution >= 0.6 is 0 Å². The van der Waals surface area contributed by atoms with E-state index < -0.39 is 11.9 Å². The standard InChI is InChI=1S/C23H23NO3/c1-16(2)7-14-21(23(25)26)17-9-12-20(13-10-17)27-15-19-11-8-18-5-3-4-6-22(18)24-19/h3-13,21H,14-15H2,1-2H3,(H,25,26). The van der Waals surface area contributed by atoms with Crippen LogP contribution in [-0.4, -0.2) is 16.1 Å². The number of aromatic nitrogens is 1. The van der Waals surface area contributed by atoms with Gasteiger partial charge in [-0.25, -0.2) is 4.98 Å². The number of hydrogen-bond donors (Lipinski definition) is 1. The van der Waals surface area contributed by atoms with Gasteiger partial charge in [0.15, 0.2) is 0 Å². The zero-order chi connectivity index (χ0) is 19.2. The van der Waals surface area contributed by atoms with Gasteiger partial charge < -0.3 is 9.84 Å². The lowest BCUT2D eigenvalue weighted by Crippen LogP contribution is -2.11. The van der Waals surface area contributed by atoms with Crippen molar-refractivity contribution in [3.05, 3.63) is 83.6 Å². The highest BCUT2D eigenvalue weighted by atomic mass is 16.5. The third-order valence-electron chi connectivity index (χ3n) is 4.39. The summed E-state index contributed by atoms with van der Waals surface area (Å²) in [7, 11) is 0. The number of nitrogens with zero attached hydrogens (tertiary/aromatic N) is 1. The number of benzene rings is 2. The fourth-order valence-electron chi connectivity index (χ4n) is 2.88. The Labute approximate surface area is 159 Å². The van der Waals surface area contributed by atoms with Gasteiger partial charge >= 0.3 is 5.97 Å². The molecule has 138 valence electrons. The maximum absolute atomic E-state index is 11.5. The van der Waals surface area contributed by atoms with Crippen LogP contribution in [0.2, 0.25) is 0 Å². The van der Waals surface area contributed by atoms with Crippen molar-refractivity contribution < 1.29 is 14.6 Å². The lowest BCUT2D eigenvalue weighted by molar-refractivity contribution is -0.138. The molecule has 0 radical (unpaired) electrons. The normalized spacial score (nSPS) is 11.8. The van der Waals surface area contributed by atoms with Crippen molar-refractivity contribution in [1.29, 1.82) is 0 Å². The van der Waals surface area contributed by atoms with Gasteiger partial charge in [-0.1, -0.05) is 48.0 Å². The summed E-state index contributed by atoms with van der Waals surface area (Å²) in [4.78, 5) is 16.1. The van der Waals surface area contributed by atoms with Gasteiger partial charge in [-0.2, -0.15) is 0 Å². The summed E-state index contributed by atoms with van der Waals surface area (Å²) in [5.74, 6) is -0.669. The van der Waals surface area contributed by atoms with Crippen molar-refractivity contribution in [2.24, 2.45) is 0 Å². The summed E-state index contributed by atoms with van der Waals surface area (Å²) < 4.78 is 5.81. The molecule has 0 saturated heterocycles. The van der Waals surface area contributed by atoms with Crippen LogP contribution in [0, 0.1) is 0 Å². The van der Waals surface area contributed by atoms with Crippen molar-refractivity contribution in [2.45, 2.75) is 32.8 Å². The number of carbonyl (C=O) groups is 1. The molecule has 1 aromatic heterocycles. The van der Waals surface area contributed by atoms with Crippen molar-refractivity contribution in [3.8, 4) is 5.75 Å². The first-order valence-electron chi connectivity index (χ1n) is 8.96. The van der Waals surface area contributed by atoms with E-state index in [1.807, 2.05) is 80.6 Å². The Morgan fingerprint density at radius 2 is 1.81 bits per heavy atom. The number of fused-ring (bicyclic) bond motifs is 1. The van der Waals surface area contributed by atoms with Crippen LogP contribution in [0.15, 0.2) is 72.3 Å². The number of rotatable bonds is 7. The molecular formula is C23H23NO3. The smallest absolute Gasteiger partial charge is 0.311 e. The Balaban J connectivity index is 1.67. The van der Waals surface area contributed by atoms with Crippen LogP contribution in [0.25, 0.3) is 10.9 Å². The van der Waals surface area contributed by atoms with Crippen LogP contribution in [-0.2, 0) is 11.4 Å². The first kappa shape index (κ1) is 18.6. The Bertz CT molecular complexity index is 957. The summed E-state index contributed by atoms with van der Waals surface area (Å²) in [6.07, 6.45) is 2.44. The SMILES string of the molecule is CC(C)=CCC(C(=O)O)c1ccc(OCc2ccc3ccccc3n2)cc1. The number of carboxylic acids is 1. The van der Waals surface area contributed by atoms with E-state index in [-0.39, 0.29) is 0 Å². The van der Waals surface area contributed by atoms with Gasteiger partial charge in [-0.05, 0) is 50.1 Å². The second kappa shape index (κ2) is 8.49. The number of ether oxygens (including phenoxy) is 1. The molecule has 0 fully saturated rings. The molecule has 0 aliphatic heterocycles. The van der Waals surface area contributed by atoms with Gasteiger partial charge in [0.2, 0.25) is 0 Å². The summed E-state index contributed by atoms with van der Waals surface area (Å²) in [6, 6.07) is 19.2. The number of carboxylic acid groups (broad SMARTS) is 1. The zero-order valence-corrected chi connectivity index (χ0v) is 15.6. The molecule has 27 heavy (non-hydrogen) atoms. The van der Waals surface area contributed by atoms with Crippen LogP contribution in [0.4, 0.5) is 0 Å². The predicted molar refractivity (Wildman–Crippen MR) is 107 cm³/mol. The first-order chi connectivity index (χ1) is 13.0. The largest absolute Gasteiger partial charge is 0.487 e. The molecule has 0 aliphatic carbocycles. The number of para-hydroxylation sites is 1. The molecule has 1 unspecified atom stereocenters. The van der Waals surface area contributed by atoms with Crippen LogP contribution < -0.4 is 4.74 Å². The molecule has 0 spiro atoms. The Morgan fingerprint density at radius 1 is 1.07 bits per heavy atom. The highest BCUT2D eigenvalue weighted by Crippen LogP contribution is 2.24. The number of aliphatic carboxylic acids is 1. The van der Waals surface area contributed by atoms with E-state index in [0.717, 1.165) is 27.7 Å². The van der Waals surface area contributed by atoms with E-state index in [0.29, 0.717) is 18.8 Å². The minimum Gasteiger partial charge on any atom is -0.487 e. The predicted octanol–water partition coefficient (Wildman–Crippen LogP) is 5.34. The van der Waals surface area contributed by atoms with E-state index >= 15 is 0 Å². The molecular weight excluding hydrogens is 338 g/mol. The molecule has 1 heterocycles. The van der Waals surface area contributed by atoms with E-state index in [1.165, 1.54) is 0 Å². The van der Waals surface area contributed by atoms with E-state index in [4.69, 9.17) is 4.74 Å². The highest BCUT2D eigenvalue weighted by molar-refractivity contribution is 5.78. The van der Waals surface area contributed by atoms with Crippen LogP contribution in [0.5, 0.6) is 5.75 Å². The van der Waals surface area contributed by atoms with E-state index in [2.05, 4.69) is 4.98 Å². The minimum absolute atomic E-state index is 0.365. The fraction of sp³-hybridized carbons (Fsp3) is 0.217. The molecule has 1 atom stereocenters. The molecule has 0 saturated carbocycles. The summed E-state index contributed by atoms with van der Waals surface area (Å²) in [5, 5.41) is 10.6. The number of allylic oxidation sites excluding steroid dienone is 2. The minimum atomic E-state index is -0.818. The second-order valence-corrected chi connectivity index (χ2v) is 6.76. The fourth-order valence-corrected chi connectivity index (χ4v) is 2.88. The number of hydrogen-bond acceptors (Lipinski definition) is 3. The van der Waals surface area contributed by atoms with Gasteiger partial charge in [-0.15, -0.1) is 0 Å². The highest BCUT2D eigenvalue weighted by Gasteiger charge is 2.18. The Morgan fingerprint density at radius 3 is 2.52 bits per heavy atom. The lowest BCUT2D eigenvalue weighted by Gasteiger charge is -2.12. The monoisotopic (exact) mass is 361 g/mol. The summed E-state index contributed by atoms with van der Waals surface area (Å²) in [6.45, 7) is 4.30. The zero-order valence-electron chi connectivity index (χ0n) is 15.6. The van der Waals surface area contributed by atoms with Crippen molar-refractivity contribution >= 4 is 16.9 Å². The van der Waals surface area contributed by atoms with Gasteiger partial charge in [0, 0.05) is 5.39 Å². The second-order valence-electron chi connectivity index (χ2n) is 6.76. The van der Waals surface area contributed by atoms with Gasteiger partial charge in [0.25, 0.3) is 0 Å². The average Bonchev–Trinajstić information content (AvgIpc) is 2.67. The maximum Gasteiger partial charge on any atom is 0.311 e. The Kier molecular flexibility index (Phi) is 5.87. The molecule has 4 heteroatoms. The van der Waals surface area contributed by atoms with Crippen molar-refractivity contribution in [3.63, 3.8) is 0 Å². The summed E-state index contributed by atoms with van der Waals surface area (Å²) >= 11 is 0. The molecule has 0 aliphatic rings. The maximum atomic E-state index is 11.5. The molecule has 2 aromatic carbocycles. The molecule has 0 amide bonds. The van der Waals surface area contributed by atoms with Crippen molar-refractivity contribution in [1.82, 2.24) is 4.98 Å². The van der Waals surface area contributed by atoms with Crippen LogP contribution in [0.3, 0.4) is 0 Å². The van der Waals surface area contributed by atoms with E-state index in [1.54, 1.807) is 0 Å². The third-order valence-corrected chi connectivity index (χ3v) is 4.39. The van der Waals surface area contributed by atoms with Gasteiger partial charge in [-0.3, -0.25) is 4.79 Å². The molecule has 4 nitrogen and oxygen atoms in total. The topological polar surface area (TPSA) is 59.4 Å². The average molecular weight is 361 g/mol. The van der Waals surface area contributed by atoms with E-state index in [9.17, 15) is 9.90 Å². The van der Waals surface area contributed by atoms with Crippen molar-refractivity contribution in [2.75, 3.05) is 0 Å². The third kappa shape index (κ3) is 4.94. The number of pyridine rings is 1. The quantitative estimate of drug-likeness (QED) is 0.577. The molecule has 1 N–H and O–H groups in total. The molecule has 3 aromatic rings. The Hall–Kier alpha value is -3.14. The van der Waals surface area contributed by atoms with Gasteiger partial charge in [0.1, 0.15) is 12.4 Å². The first-order valence-corrected chi connectivity index (χ1v) is 8.96. The molecule has 3 rings (SSSR count). The van der Waals surface area contributed by atoms with Crippen LogP contribution in [0.1, 0.15) is 37.4 Å². The van der Waals surface area contributed by atoms with Gasteiger partial charge in [0.05, 0.1) is 17.1 Å². The lowest BCUT2D eigenvalue weighted by atomic mass is 9.95. The summed E-state index contributed by atoms with van der Waals surface area (Å²) in [5.41, 5.74) is 3.68.